The summed E-state index contributed by atoms with van der Waals surface area (Å²) in [5.74, 6) is 0. The fourth-order valence-electron chi connectivity index (χ4n) is 0.276. The summed E-state index contributed by atoms with van der Waals surface area (Å²) in [4.78, 5) is 3.89. The molecule has 1 radical (unpaired) electrons. The van der Waals surface area contributed by atoms with Crippen LogP contribution >= 0.6 is 23.1 Å². The van der Waals surface area contributed by atoms with E-state index in [1.165, 1.54) is 0 Å². The van der Waals surface area contributed by atoms with Crippen LogP contribution in [0.4, 0.5) is 0 Å². The molecule has 7 heavy (non-hydrogen) atoms. The zero-order valence-corrected chi connectivity index (χ0v) is 5.47. The minimum Gasteiger partial charge on any atom is -0.228 e. The molecule has 0 saturated heterocycles. The molecule has 0 aliphatic heterocycles. The first-order valence-electron chi connectivity index (χ1n) is 1.79. The Morgan fingerprint density at radius 3 is 3.14 bits per heavy atom. The van der Waals surface area contributed by atoms with Gasteiger partial charge in [0.2, 0.25) is 0 Å². The topological polar surface area (TPSA) is 12.9 Å². The standard InChI is InChI=1S/C4H4NS2/c1-6-4-5-2-3-7-4/h3H,1H3. The number of thiazole rings is 1. The molecule has 0 spiro atoms. The van der Waals surface area contributed by atoms with E-state index in [-0.39, 0.29) is 0 Å². The van der Waals surface area contributed by atoms with Crippen LogP contribution in [0.2, 0.25) is 0 Å². The molecule has 1 aromatic heterocycles. The number of hydrogen-bond donors (Lipinski definition) is 0. The lowest BCUT2D eigenvalue weighted by atomic mass is 11.0. The van der Waals surface area contributed by atoms with Crippen molar-refractivity contribution in [3.8, 4) is 0 Å². The summed E-state index contributed by atoms with van der Waals surface area (Å²) in [5.41, 5.74) is 0. The molecule has 1 rings (SSSR count). The molecule has 0 saturated carbocycles. The van der Waals surface area contributed by atoms with Crippen molar-refractivity contribution in [2.75, 3.05) is 6.26 Å². The summed E-state index contributed by atoms with van der Waals surface area (Å²) in [6.45, 7) is 0. The van der Waals surface area contributed by atoms with Gasteiger partial charge in [-0.1, -0.05) is 11.8 Å². The fraction of sp³-hybridized carbons (Fsp3) is 0.250. The minimum atomic E-state index is 1.08. The van der Waals surface area contributed by atoms with Crippen LogP contribution in [-0.4, -0.2) is 11.2 Å². The van der Waals surface area contributed by atoms with Gasteiger partial charge in [-0.25, -0.2) is 4.98 Å². The van der Waals surface area contributed by atoms with E-state index in [1.807, 2.05) is 11.6 Å². The van der Waals surface area contributed by atoms with Crippen LogP contribution in [0.5, 0.6) is 0 Å². The van der Waals surface area contributed by atoms with Crippen LogP contribution in [0.15, 0.2) is 9.72 Å². The first kappa shape index (κ1) is 5.12. The summed E-state index contributed by atoms with van der Waals surface area (Å²) in [7, 11) is 0. The Labute approximate surface area is 50.8 Å². The SMILES string of the molecule is CSc1n[c]cs1. The van der Waals surface area contributed by atoms with Crippen LogP contribution in [0.25, 0.3) is 0 Å². The number of hydrogen-bond acceptors (Lipinski definition) is 3. The second kappa shape index (κ2) is 2.33. The van der Waals surface area contributed by atoms with E-state index in [2.05, 4.69) is 11.2 Å². The van der Waals surface area contributed by atoms with Crippen molar-refractivity contribution < 1.29 is 0 Å². The van der Waals surface area contributed by atoms with Crippen molar-refractivity contribution >= 4 is 23.1 Å². The first-order valence-corrected chi connectivity index (χ1v) is 3.89. The Balaban J connectivity index is 2.76. The maximum atomic E-state index is 3.89. The first-order chi connectivity index (χ1) is 3.43. The molecular weight excluding hydrogens is 126 g/mol. The molecule has 1 heterocycles. The highest BCUT2D eigenvalue weighted by Gasteiger charge is 1.86. The summed E-state index contributed by atoms with van der Waals surface area (Å²) < 4.78 is 1.08. The molecule has 0 unspecified atom stereocenters. The van der Waals surface area contributed by atoms with Crippen molar-refractivity contribution in [2.24, 2.45) is 0 Å². The van der Waals surface area contributed by atoms with Crippen molar-refractivity contribution in [1.82, 2.24) is 4.98 Å². The largest absolute Gasteiger partial charge is 0.228 e. The highest BCUT2D eigenvalue weighted by Crippen LogP contribution is 2.15. The molecule has 3 heteroatoms. The van der Waals surface area contributed by atoms with Crippen LogP contribution < -0.4 is 0 Å². The normalized spacial score (nSPS) is 9.29. The second-order valence-electron chi connectivity index (χ2n) is 0.947. The molecule has 0 N–H and O–H groups in total. The van der Waals surface area contributed by atoms with E-state index in [9.17, 15) is 0 Å². The van der Waals surface area contributed by atoms with E-state index >= 15 is 0 Å². The molecule has 1 nitrogen and oxygen atoms in total. The zero-order valence-electron chi connectivity index (χ0n) is 3.84. The number of rotatable bonds is 1. The van der Waals surface area contributed by atoms with Crippen molar-refractivity contribution in [2.45, 2.75) is 4.34 Å². The Kier molecular flexibility index (Phi) is 1.70. The third kappa shape index (κ3) is 1.17. The second-order valence-corrected chi connectivity index (χ2v) is 2.86. The van der Waals surface area contributed by atoms with Crippen molar-refractivity contribution in [3.05, 3.63) is 11.6 Å². The quantitative estimate of drug-likeness (QED) is 0.536. The molecule has 37 valence electrons. The van der Waals surface area contributed by atoms with E-state index in [0.29, 0.717) is 0 Å². The van der Waals surface area contributed by atoms with Gasteiger partial charge < -0.3 is 0 Å². The predicted molar refractivity (Wildman–Crippen MR) is 32.7 cm³/mol. The van der Waals surface area contributed by atoms with Crippen LogP contribution in [0, 0.1) is 6.20 Å². The maximum absolute atomic E-state index is 3.89. The van der Waals surface area contributed by atoms with Crippen LogP contribution in [-0.2, 0) is 0 Å². The summed E-state index contributed by atoms with van der Waals surface area (Å²) in [6, 6.07) is 0. The zero-order chi connectivity index (χ0) is 5.11. The maximum Gasteiger partial charge on any atom is 0.150 e. The van der Waals surface area contributed by atoms with Gasteiger partial charge in [-0.15, -0.1) is 11.3 Å². The monoisotopic (exact) mass is 130 g/mol. The summed E-state index contributed by atoms with van der Waals surface area (Å²) in [6.07, 6.45) is 4.73. The van der Waals surface area contributed by atoms with Gasteiger partial charge in [0, 0.05) is 5.38 Å². The Morgan fingerprint density at radius 1 is 2.00 bits per heavy atom. The molecule has 0 atom stereocenters. The Hall–Kier alpha value is -0.0200. The van der Waals surface area contributed by atoms with Gasteiger partial charge >= 0.3 is 0 Å². The van der Waals surface area contributed by atoms with Crippen molar-refractivity contribution in [1.29, 1.82) is 0 Å². The van der Waals surface area contributed by atoms with E-state index in [1.54, 1.807) is 23.1 Å². The lowest BCUT2D eigenvalue weighted by Crippen LogP contribution is -1.57. The summed E-state index contributed by atoms with van der Waals surface area (Å²) in [5, 5.41) is 1.85. The lowest BCUT2D eigenvalue weighted by molar-refractivity contribution is 1.24. The predicted octanol–water partition coefficient (Wildman–Crippen LogP) is 1.67. The highest BCUT2D eigenvalue weighted by atomic mass is 32.2. The fourth-order valence-corrected chi connectivity index (χ4v) is 1.26. The molecule has 1 aromatic rings. The Bertz CT molecular complexity index is 124. The van der Waals surface area contributed by atoms with Gasteiger partial charge in [0.15, 0.2) is 0 Å². The van der Waals surface area contributed by atoms with Crippen LogP contribution in [0.3, 0.4) is 0 Å². The van der Waals surface area contributed by atoms with Gasteiger partial charge in [0.1, 0.15) is 10.5 Å². The van der Waals surface area contributed by atoms with E-state index in [4.69, 9.17) is 0 Å². The van der Waals surface area contributed by atoms with Gasteiger partial charge in [0.25, 0.3) is 0 Å². The minimum absolute atomic E-state index is 1.08. The molecule has 0 bridgehead atoms. The van der Waals surface area contributed by atoms with Gasteiger partial charge in [0.05, 0.1) is 0 Å². The average Bonchev–Trinajstić information content (AvgIpc) is 2.14. The van der Waals surface area contributed by atoms with Gasteiger partial charge in [-0.3, -0.25) is 0 Å². The molecule has 0 amide bonds. The third-order valence-corrected chi connectivity index (χ3v) is 2.29. The Morgan fingerprint density at radius 2 is 2.86 bits per heavy atom. The van der Waals surface area contributed by atoms with Gasteiger partial charge in [-0.2, -0.15) is 0 Å². The summed E-state index contributed by atoms with van der Waals surface area (Å²) >= 11 is 3.27. The molecular formula is C4H4NS2. The molecule has 0 fully saturated rings. The van der Waals surface area contributed by atoms with E-state index < -0.39 is 0 Å². The number of thioether (sulfide) groups is 1. The smallest absolute Gasteiger partial charge is 0.150 e. The number of nitrogens with zero attached hydrogens (tertiary/aromatic N) is 1. The highest BCUT2D eigenvalue weighted by molar-refractivity contribution is 8.00. The average molecular weight is 130 g/mol. The molecule has 0 aromatic carbocycles. The van der Waals surface area contributed by atoms with E-state index in [0.717, 1.165) is 4.34 Å². The van der Waals surface area contributed by atoms with Crippen LogP contribution in [0.1, 0.15) is 0 Å². The van der Waals surface area contributed by atoms with Crippen molar-refractivity contribution in [3.63, 3.8) is 0 Å². The van der Waals surface area contributed by atoms with Gasteiger partial charge in [-0.05, 0) is 6.26 Å². The third-order valence-electron chi connectivity index (χ3n) is 0.543. The molecule has 0 aliphatic rings. The lowest BCUT2D eigenvalue weighted by Gasteiger charge is -1.76. The number of aromatic nitrogens is 1. The molecule has 0 aliphatic carbocycles.